The molecule has 1 aliphatic rings. The highest BCUT2D eigenvalue weighted by atomic mass is 32.2. The van der Waals surface area contributed by atoms with E-state index in [1.165, 1.54) is 26.2 Å². The largest absolute Gasteiger partial charge is 0.497 e. The van der Waals surface area contributed by atoms with Crippen molar-refractivity contribution in [1.82, 2.24) is 14.3 Å². The molecule has 10 heteroatoms. The molecule has 4 aromatic carbocycles. The van der Waals surface area contributed by atoms with E-state index in [1.807, 2.05) is 43.3 Å². The Morgan fingerprint density at radius 2 is 1.74 bits per heavy atom. The summed E-state index contributed by atoms with van der Waals surface area (Å²) in [6.45, 7) is 3.71. The van der Waals surface area contributed by atoms with Crippen LogP contribution in [-0.2, 0) is 32.7 Å². The molecule has 1 fully saturated rings. The third kappa shape index (κ3) is 6.23. The predicted octanol–water partition coefficient (Wildman–Crippen LogP) is 4.78. The molecule has 1 aliphatic heterocycles. The van der Waals surface area contributed by atoms with E-state index in [4.69, 9.17) is 4.74 Å². The fraction of sp³-hybridized carbons (Fsp3) is 0.242. The normalized spacial score (nSPS) is 15.1. The quantitative estimate of drug-likeness (QED) is 0.257. The van der Waals surface area contributed by atoms with Gasteiger partial charge < -0.3 is 9.64 Å². The molecule has 0 unspecified atom stereocenters. The molecule has 1 atom stereocenters. The van der Waals surface area contributed by atoms with Crippen LogP contribution in [0.3, 0.4) is 0 Å². The van der Waals surface area contributed by atoms with Gasteiger partial charge in [0.05, 0.1) is 30.2 Å². The molecule has 0 aromatic heterocycles. The number of fused-ring (bicyclic) bond motifs is 1. The van der Waals surface area contributed by atoms with Gasteiger partial charge in [0.2, 0.25) is 11.8 Å². The molecule has 0 aliphatic carbocycles. The second kappa shape index (κ2) is 12.3. The molecule has 5 rings (SSSR count). The number of rotatable bonds is 9. The van der Waals surface area contributed by atoms with Gasteiger partial charge in [0.25, 0.3) is 10.0 Å². The summed E-state index contributed by atoms with van der Waals surface area (Å²) in [5.41, 5.74) is 2.98. The number of benzene rings is 4. The minimum atomic E-state index is -4.40. The molecule has 43 heavy (non-hydrogen) atoms. The number of hydrazine groups is 1. The number of likely N-dealkylation sites (tertiary alicyclic amines) is 1. The smallest absolute Gasteiger partial charge is 0.260 e. The third-order valence-corrected chi connectivity index (χ3v) is 9.38. The fourth-order valence-corrected chi connectivity index (χ4v) is 6.99. The summed E-state index contributed by atoms with van der Waals surface area (Å²) >= 11 is 0. The van der Waals surface area contributed by atoms with Crippen LogP contribution in [0.15, 0.2) is 89.8 Å². The van der Waals surface area contributed by atoms with Crippen LogP contribution in [0.5, 0.6) is 5.75 Å². The average Bonchev–Trinajstić information content (AvgIpc) is 3.35. The van der Waals surface area contributed by atoms with E-state index in [9.17, 15) is 23.3 Å². The molecular formula is C33H32N4O5S. The van der Waals surface area contributed by atoms with E-state index in [-0.39, 0.29) is 31.0 Å². The number of nitrogens with zero attached hydrogens (tertiary/aromatic N) is 4. The maximum absolute atomic E-state index is 14.5. The van der Waals surface area contributed by atoms with Crippen molar-refractivity contribution < 1.29 is 22.7 Å². The van der Waals surface area contributed by atoms with E-state index < -0.39 is 27.9 Å². The maximum Gasteiger partial charge on any atom is 0.260 e. The summed E-state index contributed by atoms with van der Waals surface area (Å²) in [6, 6.07) is 25.5. The van der Waals surface area contributed by atoms with Crippen LogP contribution in [0.1, 0.15) is 35.6 Å². The van der Waals surface area contributed by atoms with Crippen molar-refractivity contribution in [3.8, 4) is 11.8 Å². The molecule has 1 heterocycles. The van der Waals surface area contributed by atoms with Crippen LogP contribution in [0.25, 0.3) is 10.8 Å². The van der Waals surface area contributed by atoms with Gasteiger partial charge in [0.1, 0.15) is 11.8 Å². The van der Waals surface area contributed by atoms with Gasteiger partial charge >= 0.3 is 0 Å². The molecule has 0 radical (unpaired) electrons. The Bertz CT molecular complexity index is 1830. The van der Waals surface area contributed by atoms with Crippen molar-refractivity contribution in [2.24, 2.45) is 0 Å². The monoisotopic (exact) mass is 596 g/mol. The Hall–Kier alpha value is -4.72. The lowest BCUT2D eigenvalue weighted by Crippen LogP contribution is -2.55. The van der Waals surface area contributed by atoms with Gasteiger partial charge in [-0.1, -0.05) is 58.5 Å². The van der Waals surface area contributed by atoms with Gasteiger partial charge in [0, 0.05) is 20.0 Å². The standard InChI is InChI=1S/C33H32N4O5S/c1-23-7-9-25(10-8-23)22-36(24(2)38)37(32-15-16-35(33(32)39)21-27-6-4-5-26(17-27)20-34)43(40,41)31-14-12-28-11-13-30(42-3)18-29(28)19-31/h4-14,17-19,32H,15-16,21-22H2,1-3H3/t32-/m0/s1. The summed E-state index contributed by atoms with van der Waals surface area (Å²) in [6.07, 6.45) is 0.190. The highest BCUT2D eigenvalue weighted by molar-refractivity contribution is 7.89. The molecule has 9 nitrogen and oxygen atoms in total. The van der Waals surface area contributed by atoms with Gasteiger partial charge in [0.15, 0.2) is 0 Å². The number of aryl methyl sites for hydroxylation is 1. The van der Waals surface area contributed by atoms with Gasteiger partial charge in [-0.25, -0.2) is 8.42 Å². The van der Waals surface area contributed by atoms with Crippen LogP contribution in [-0.4, -0.2) is 54.3 Å². The Labute approximate surface area is 251 Å². The second-order valence-electron chi connectivity index (χ2n) is 10.6. The van der Waals surface area contributed by atoms with E-state index in [1.54, 1.807) is 41.3 Å². The van der Waals surface area contributed by atoms with Crippen LogP contribution in [0.4, 0.5) is 0 Å². The van der Waals surface area contributed by atoms with E-state index in [0.717, 1.165) is 31.5 Å². The van der Waals surface area contributed by atoms with Gasteiger partial charge in [-0.2, -0.15) is 5.26 Å². The average molecular weight is 597 g/mol. The van der Waals surface area contributed by atoms with E-state index in [2.05, 4.69) is 6.07 Å². The molecule has 1 saturated heterocycles. The summed E-state index contributed by atoms with van der Waals surface area (Å²) in [5.74, 6) is -0.353. The summed E-state index contributed by atoms with van der Waals surface area (Å²) < 4.78 is 35.3. The SMILES string of the molecule is COc1ccc2ccc(S(=O)(=O)N([C@H]3CCN(Cc4cccc(C#N)c4)C3=O)N(Cc3ccc(C)cc3)C(C)=O)cc2c1. The van der Waals surface area contributed by atoms with Crippen molar-refractivity contribution in [2.45, 2.75) is 44.3 Å². The molecule has 220 valence electrons. The molecular weight excluding hydrogens is 564 g/mol. The minimum absolute atomic E-state index is 0.0375. The third-order valence-electron chi connectivity index (χ3n) is 7.58. The van der Waals surface area contributed by atoms with Gasteiger partial charge in [-0.05, 0) is 71.6 Å². The first kappa shape index (κ1) is 29.8. The minimum Gasteiger partial charge on any atom is -0.497 e. The lowest BCUT2D eigenvalue weighted by Gasteiger charge is -2.36. The van der Waals surface area contributed by atoms with Crippen molar-refractivity contribution in [3.05, 3.63) is 107 Å². The number of hydrogen-bond acceptors (Lipinski definition) is 6. The maximum atomic E-state index is 14.5. The Kier molecular flexibility index (Phi) is 8.48. The number of sulfonamides is 1. The topological polar surface area (TPSA) is 111 Å². The first-order valence-electron chi connectivity index (χ1n) is 13.8. The summed E-state index contributed by atoms with van der Waals surface area (Å²) in [4.78, 5) is 28.6. The van der Waals surface area contributed by atoms with Crippen LogP contribution < -0.4 is 4.74 Å². The van der Waals surface area contributed by atoms with Crippen LogP contribution in [0.2, 0.25) is 0 Å². The molecule has 0 saturated carbocycles. The first-order valence-corrected chi connectivity index (χ1v) is 15.3. The zero-order valence-electron chi connectivity index (χ0n) is 24.2. The zero-order valence-corrected chi connectivity index (χ0v) is 25.0. The molecule has 4 aromatic rings. The predicted molar refractivity (Wildman–Crippen MR) is 162 cm³/mol. The number of methoxy groups -OCH3 is 1. The highest BCUT2D eigenvalue weighted by Gasteiger charge is 2.46. The summed E-state index contributed by atoms with van der Waals surface area (Å²) in [7, 11) is -2.87. The lowest BCUT2D eigenvalue weighted by molar-refractivity contribution is -0.147. The second-order valence-corrected chi connectivity index (χ2v) is 12.4. The zero-order chi connectivity index (χ0) is 30.7. The number of nitriles is 1. The molecule has 0 bridgehead atoms. The first-order chi connectivity index (χ1) is 20.6. The Balaban J connectivity index is 1.56. The fourth-order valence-electron chi connectivity index (χ4n) is 5.29. The lowest BCUT2D eigenvalue weighted by atomic mass is 10.1. The molecule has 0 N–H and O–H groups in total. The molecule has 0 spiro atoms. The highest BCUT2D eigenvalue weighted by Crippen LogP contribution is 2.31. The van der Waals surface area contributed by atoms with E-state index >= 15 is 0 Å². The molecule has 2 amide bonds. The Morgan fingerprint density at radius 3 is 2.44 bits per heavy atom. The summed E-state index contributed by atoms with van der Waals surface area (Å²) in [5, 5.41) is 11.9. The van der Waals surface area contributed by atoms with Crippen LogP contribution in [0, 0.1) is 18.3 Å². The van der Waals surface area contributed by atoms with Crippen molar-refractivity contribution in [3.63, 3.8) is 0 Å². The van der Waals surface area contributed by atoms with Gasteiger partial charge in [-0.15, -0.1) is 0 Å². The van der Waals surface area contributed by atoms with Gasteiger partial charge in [-0.3, -0.25) is 14.6 Å². The number of amides is 2. The number of carbonyl (C=O) groups excluding carboxylic acids is 2. The van der Waals surface area contributed by atoms with Crippen molar-refractivity contribution >= 4 is 32.6 Å². The number of carbonyl (C=O) groups is 2. The number of hydrogen-bond donors (Lipinski definition) is 0. The van der Waals surface area contributed by atoms with Crippen LogP contribution >= 0.6 is 0 Å². The van der Waals surface area contributed by atoms with Crippen molar-refractivity contribution in [1.29, 1.82) is 5.26 Å². The van der Waals surface area contributed by atoms with E-state index in [0.29, 0.717) is 16.7 Å². The Morgan fingerprint density at radius 1 is 1.00 bits per heavy atom. The van der Waals surface area contributed by atoms with Crippen molar-refractivity contribution in [2.75, 3.05) is 13.7 Å². The number of ether oxygens (including phenoxy) is 1.